The smallest absolute Gasteiger partial charge is 0.307 e. The van der Waals surface area contributed by atoms with Crippen molar-refractivity contribution in [3.63, 3.8) is 0 Å². The fourth-order valence-corrected chi connectivity index (χ4v) is 4.25. The highest BCUT2D eigenvalue weighted by molar-refractivity contribution is 5.82. The van der Waals surface area contributed by atoms with Crippen LogP contribution < -0.4 is 10.5 Å². The predicted octanol–water partition coefficient (Wildman–Crippen LogP) is 4.48. The van der Waals surface area contributed by atoms with Crippen molar-refractivity contribution < 1.29 is 19.1 Å². The van der Waals surface area contributed by atoms with Crippen molar-refractivity contribution in [3.05, 3.63) is 65.4 Å². The molecule has 1 aliphatic carbocycles. The molecule has 0 radical (unpaired) electrons. The minimum atomic E-state index is -0.867. The summed E-state index contributed by atoms with van der Waals surface area (Å²) in [4.78, 5) is 11.1. The summed E-state index contributed by atoms with van der Waals surface area (Å²) in [6.07, 6.45) is 5.06. The lowest BCUT2D eigenvalue weighted by atomic mass is 9.93. The summed E-state index contributed by atoms with van der Waals surface area (Å²) < 4.78 is 11.8. The van der Waals surface area contributed by atoms with Gasteiger partial charge in [-0.3, -0.25) is 4.79 Å². The third-order valence-corrected chi connectivity index (χ3v) is 5.66. The number of aliphatic carboxylic acids is 1. The third kappa shape index (κ3) is 3.90. The van der Waals surface area contributed by atoms with E-state index in [9.17, 15) is 4.79 Å². The molecule has 1 fully saturated rings. The van der Waals surface area contributed by atoms with E-state index in [2.05, 4.69) is 12.1 Å². The van der Waals surface area contributed by atoms with Crippen LogP contribution in [0.4, 0.5) is 0 Å². The lowest BCUT2D eigenvalue weighted by molar-refractivity contribution is -0.136. The van der Waals surface area contributed by atoms with E-state index in [-0.39, 0.29) is 6.42 Å². The van der Waals surface area contributed by atoms with E-state index in [1.54, 1.807) is 12.3 Å². The molecule has 3 N–H and O–H groups in total. The minimum absolute atomic E-state index is 0.0509. The number of benzene rings is 2. The van der Waals surface area contributed by atoms with Crippen LogP contribution in [0.15, 0.2) is 53.1 Å². The zero-order chi connectivity index (χ0) is 19.5. The van der Waals surface area contributed by atoms with Gasteiger partial charge in [-0.1, -0.05) is 18.2 Å². The average Bonchev–Trinajstić information content (AvgIpc) is 3.35. The fraction of sp³-hybridized carbons (Fsp3) is 0.348. The zero-order valence-electron chi connectivity index (χ0n) is 15.8. The summed E-state index contributed by atoms with van der Waals surface area (Å²) in [5.74, 6) is 0.788. The van der Waals surface area contributed by atoms with E-state index in [0.717, 1.165) is 42.3 Å². The molecule has 4 rings (SSSR count). The molecule has 0 spiro atoms. The Balaban J connectivity index is 1.58. The van der Waals surface area contributed by atoms with Gasteiger partial charge in [-0.25, -0.2) is 0 Å². The molecule has 1 saturated carbocycles. The first kappa shape index (κ1) is 18.6. The Morgan fingerprint density at radius 2 is 2.07 bits per heavy atom. The quantitative estimate of drug-likeness (QED) is 0.632. The predicted molar refractivity (Wildman–Crippen MR) is 107 cm³/mol. The van der Waals surface area contributed by atoms with Crippen LogP contribution in [0.25, 0.3) is 11.0 Å². The van der Waals surface area contributed by atoms with Gasteiger partial charge in [0, 0.05) is 10.9 Å². The van der Waals surface area contributed by atoms with Crippen molar-refractivity contribution >= 4 is 16.9 Å². The summed E-state index contributed by atoms with van der Waals surface area (Å²) in [6, 6.07) is 13.5. The number of furan rings is 1. The topological polar surface area (TPSA) is 85.7 Å². The largest absolute Gasteiger partial charge is 0.489 e. The molecule has 2 atom stereocenters. The number of para-hydroxylation sites is 1. The highest BCUT2D eigenvalue weighted by Crippen LogP contribution is 2.41. The van der Waals surface area contributed by atoms with Crippen molar-refractivity contribution in [1.82, 2.24) is 0 Å². The third-order valence-electron chi connectivity index (χ3n) is 5.66. The molecule has 2 aromatic carbocycles. The lowest BCUT2D eigenvalue weighted by Gasteiger charge is -2.15. The second-order valence-corrected chi connectivity index (χ2v) is 7.60. The Labute approximate surface area is 164 Å². The first-order valence-corrected chi connectivity index (χ1v) is 9.76. The number of carboxylic acids is 1. The number of carboxylic acid groups (broad SMARTS) is 1. The molecule has 1 heterocycles. The molecule has 0 aliphatic heterocycles. The molecule has 1 aromatic heterocycles. The van der Waals surface area contributed by atoms with E-state index in [1.165, 1.54) is 5.56 Å². The molecule has 28 heavy (non-hydrogen) atoms. The van der Waals surface area contributed by atoms with Gasteiger partial charge in [-0.2, -0.15) is 0 Å². The Morgan fingerprint density at radius 3 is 2.86 bits per heavy atom. The minimum Gasteiger partial charge on any atom is -0.489 e. The SMILES string of the molecule is NCC1CCC(c2cc(COc3ccccc3CC(=O)O)cc3ccoc23)C1. The van der Waals surface area contributed by atoms with Gasteiger partial charge in [0.15, 0.2) is 0 Å². The van der Waals surface area contributed by atoms with Crippen molar-refractivity contribution in [1.29, 1.82) is 0 Å². The summed E-state index contributed by atoms with van der Waals surface area (Å²) >= 11 is 0. The molecule has 0 saturated heterocycles. The standard InChI is InChI=1S/C23H25NO4/c24-13-15-5-6-17(9-15)20-11-16(10-19-7-8-27-23(19)20)14-28-21-4-2-1-3-18(21)12-22(25)26/h1-4,7-8,10-11,15,17H,5-6,9,12-14,24H2,(H,25,26). The van der Waals surface area contributed by atoms with Crippen LogP contribution >= 0.6 is 0 Å². The molecule has 146 valence electrons. The molecule has 5 heteroatoms. The van der Waals surface area contributed by atoms with Gasteiger partial charge < -0.3 is 20.0 Å². The normalized spacial score (nSPS) is 19.2. The molecular weight excluding hydrogens is 354 g/mol. The van der Waals surface area contributed by atoms with Crippen LogP contribution in [0, 0.1) is 5.92 Å². The average molecular weight is 379 g/mol. The Bertz CT molecular complexity index is 978. The first-order valence-electron chi connectivity index (χ1n) is 9.76. The maximum atomic E-state index is 11.1. The maximum Gasteiger partial charge on any atom is 0.307 e. The van der Waals surface area contributed by atoms with Crippen molar-refractivity contribution in [2.45, 2.75) is 38.2 Å². The van der Waals surface area contributed by atoms with Gasteiger partial charge in [0.1, 0.15) is 17.9 Å². The molecule has 0 bridgehead atoms. The van der Waals surface area contributed by atoms with E-state index in [1.807, 2.05) is 24.3 Å². The highest BCUT2D eigenvalue weighted by Gasteiger charge is 2.27. The van der Waals surface area contributed by atoms with Gasteiger partial charge >= 0.3 is 5.97 Å². The summed E-state index contributed by atoms with van der Waals surface area (Å²) in [6.45, 7) is 1.12. The summed E-state index contributed by atoms with van der Waals surface area (Å²) in [5.41, 5.74) is 9.80. The molecule has 1 aliphatic rings. The van der Waals surface area contributed by atoms with E-state index in [0.29, 0.717) is 29.8 Å². The number of carbonyl (C=O) groups is 1. The van der Waals surface area contributed by atoms with Gasteiger partial charge in [-0.05, 0) is 73.0 Å². The summed E-state index contributed by atoms with van der Waals surface area (Å²) in [5, 5.41) is 10.2. The number of hydrogen-bond donors (Lipinski definition) is 2. The van der Waals surface area contributed by atoms with Gasteiger partial charge in [0.2, 0.25) is 0 Å². The Morgan fingerprint density at radius 1 is 1.21 bits per heavy atom. The van der Waals surface area contributed by atoms with E-state index in [4.69, 9.17) is 20.0 Å². The van der Waals surface area contributed by atoms with E-state index >= 15 is 0 Å². The van der Waals surface area contributed by atoms with Crippen LogP contribution in [-0.2, 0) is 17.8 Å². The zero-order valence-corrected chi connectivity index (χ0v) is 15.8. The molecule has 0 amide bonds. The number of ether oxygens (including phenoxy) is 1. The Kier molecular flexibility index (Phi) is 5.35. The second kappa shape index (κ2) is 8.07. The number of fused-ring (bicyclic) bond motifs is 1. The first-order chi connectivity index (χ1) is 13.6. The number of hydrogen-bond acceptors (Lipinski definition) is 4. The van der Waals surface area contributed by atoms with Crippen LogP contribution in [0.1, 0.15) is 41.9 Å². The van der Waals surface area contributed by atoms with Gasteiger partial charge in [0.05, 0.1) is 12.7 Å². The molecule has 5 nitrogen and oxygen atoms in total. The van der Waals surface area contributed by atoms with Crippen molar-refractivity contribution in [3.8, 4) is 5.75 Å². The Hall–Kier alpha value is -2.79. The van der Waals surface area contributed by atoms with E-state index < -0.39 is 5.97 Å². The van der Waals surface area contributed by atoms with Crippen LogP contribution in [0.3, 0.4) is 0 Å². The number of rotatable bonds is 7. The van der Waals surface area contributed by atoms with Gasteiger partial charge in [-0.15, -0.1) is 0 Å². The molecule has 3 aromatic rings. The number of nitrogens with two attached hydrogens (primary N) is 1. The maximum absolute atomic E-state index is 11.1. The molecular formula is C23H25NO4. The lowest BCUT2D eigenvalue weighted by Crippen LogP contribution is -2.10. The second-order valence-electron chi connectivity index (χ2n) is 7.60. The van der Waals surface area contributed by atoms with Crippen molar-refractivity contribution in [2.75, 3.05) is 6.54 Å². The summed E-state index contributed by atoms with van der Waals surface area (Å²) in [7, 11) is 0. The highest BCUT2D eigenvalue weighted by atomic mass is 16.5. The van der Waals surface area contributed by atoms with Crippen LogP contribution in [-0.4, -0.2) is 17.6 Å². The van der Waals surface area contributed by atoms with Crippen molar-refractivity contribution in [2.24, 2.45) is 11.7 Å². The monoisotopic (exact) mass is 379 g/mol. The van der Waals surface area contributed by atoms with Gasteiger partial charge in [0.25, 0.3) is 0 Å². The van der Waals surface area contributed by atoms with Crippen LogP contribution in [0.5, 0.6) is 5.75 Å². The molecule has 2 unspecified atom stereocenters. The van der Waals surface area contributed by atoms with Crippen LogP contribution in [0.2, 0.25) is 0 Å². The fourth-order valence-electron chi connectivity index (χ4n) is 4.25.